The first kappa shape index (κ1) is 13.3. The summed E-state index contributed by atoms with van der Waals surface area (Å²) in [7, 11) is 0. The summed E-state index contributed by atoms with van der Waals surface area (Å²) in [6.45, 7) is 4.33. The van der Waals surface area contributed by atoms with Crippen molar-refractivity contribution in [2.24, 2.45) is 0 Å². The number of hydrogen-bond donors (Lipinski definition) is 1. The van der Waals surface area contributed by atoms with Gasteiger partial charge in [0.05, 0.1) is 17.7 Å². The zero-order valence-electron chi connectivity index (χ0n) is 12.1. The molecule has 3 rings (SSSR count). The molecular weight excluding hydrogens is 248 g/mol. The number of aliphatic hydroxyl groups is 1. The summed E-state index contributed by atoms with van der Waals surface area (Å²) in [6.07, 6.45) is 4.94. The summed E-state index contributed by atoms with van der Waals surface area (Å²) in [5, 5.41) is 9.67. The van der Waals surface area contributed by atoms with E-state index in [0.717, 1.165) is 36.3 Å². The molecular formula is C17H20N2O. The van der Waals surface area contributed by atoms with Crippen molar-refractivity contribution in [2.45, 2.75) is 38.5 Å². The van der Waals surface area contributed by atoms with E-state index in [4.69, 9.17) is 4.98 Å². The van der Waals surface area contributed by atoms with E-state index in [1.54, 1.807) is 0 Å². The molecule has 1 saturated carbocycles. The van der Waals surface area contributed by atoms with Gasteiger partial charge in [-0.1, -0.05) is 24.1 Å². The summed E-state index contributed by atoms with van der Waals surface area (Å²) in [5.41, 5.74) is 4.35. The highest BCUT2D eigenvalue weighted by Crippen LogP contribution is 2.41. The van der Waals surface area contributed by atoms with Crippen molar-refractivity contribution in [3.8, 4) is 11.3 Å². The predicted molar refractivity (Wildman–Crippen MR) is 79.6 cm³/mol. The highest BCUT2D eigenvalue weighted by molar-refractivity contribution is 5.64. The number of benzene rings is 1. The number of aromatic nitrogens is 2. The predicted octanol–water partition coefficient (Wildman–Crippen LogP) is 3.17. The Kier molecular flexibility index (Phi) is 3.30. The molecule has 0 unspecified atom stereocenters. The van der Waals surface area contributed by atoms with Crippen LogP contribution in [0.1, 0.15) is 36.2 Å². The Labute approximate surface area is 119 Å². The highest BCUT2D eigenvalue weighted by Gasteiger charge is 2.40. The number of nitrogens with zero attached hydrogens (tertiary/aromatic N) is 2. The molecule has 0 saturated heterocycles. The van der Waals surface area contributed by atoms with Gasteiger partial charge < -0.3 is 5.11 Å². The van der Waals surface area contributed by atoms with Crippen LogP contribution >= 0.6 is 0 Å². The molecule has 2 aromatic rings. The topological polar surface area (TPSA) is 46.0 Å². The molecule has 1 aromatic carbocycles. The summed E-state index contributed by atoms with van der Waals surface area (Å²) in [6, 6.07) is 8.35. The largest absolute Gasteiger partial charge is 0.395 e. The van der Waals surface area contributed by atoms with Crippen LogP contribution in [-0.4, -0.2) is 21.7 Å². The van der Waals surface area contributed by atoms with E-state index < -0.39 is 0 Å². The lowest BCUT2D eigenvalue weighted by Crippen LogP contribution is -2.39. The minimum atomic E-state index is -0.201. The molecule has 1 aliphatic rings. The Morgan fingerprint density at radius 2 is 2.00 bits per heavy atom. The molecule has 104 valence electrons. The molecule has 0 atom stereocenters. The third-order valence-corrected chi connectivity index (χ3v) is 4.41. The first-order valence-corrected chi connectivity index (χ1v) is 7.17. The molecule has 1 N–H and O–H groups in total. The van der Waals surface area contributed by atoms with E-state index in [1.165, 1.54) is 11.1 Å². The highest BCUT2D eigenvalue weighted by atomic mass is 16.3. The van der Waals surface area contributed by atoms with Gasteiger partial charge in [0.2, 0.25) is 0 Å². The Morgan fingerprint density at radius 1 is 1.20 bits per heavy atom. The Hall–Kier alpha value is -1.74. The molecule has 0 amide bonds. The van der Waals surface area contributed by atoms with Crippen LogP contribution in [0.5, 0.6) is 0 Å². The summed E-state index contributed by atoms with van der Waals surface area (Å²) in [5.74, 6) is 0.796. The molecule has 0 spiro atoms. The summed E-state index contributed by atoms with van der Waals surface area (Å²) in [4.78, 5) is 9.15. The Morgan fingerprint density at radius 3 is 2.65 bits per heavy atom. The molecule has 3 nitrogen and oxygen atoms in total. The Bertz CT molecular complexity index is 627. The van der Waals surface area contributed by atoms with Gasteiger partial charge in [0.15, 0.2) is 0 Å². The molecule has 1 aliphatic carbocycles. The second-order valence-electron chi connectivity index (χ2n) is 5.88. The van der Waals surface area contributed by atoms with Gasteiger partial charge in [-0.2, -0.15) is 0 Å². The van der Waals surface area contributed by atoms with E-state index in [1.807, 2.05) is 12.3 Å². The standard InChI is InChI=1S/C17H20N2O/c1-12-4-5-13(2)14(10-12)15-6-9-18-16(19-15)17(11-20)7-3-8-17/h4-6,9-10,20H,3,7-8,11H2,1-2H3. The second kappa shape index (κ2) is 4.98. The van der Waals surface area contributed by atoms with Crippen molar-refractivity contribution in [3.63, 3.8) is 0 Å². The van der Waals surface area contributed by atoms with Gasteiger partial charge in [0.1, 0.15) is 5.82 Å². The zero-order chi connectivity index (χ0) is 14.2. The fourth-order valence-electron chi connectivity index (χ4n) is 2.83. The molecule has 1 fully saturated rings. The van der Waals surface area contributed by atoms with Crippen molar-refractivity contribution < 1.29 is 5.11 Å². The van der Waals surface area contributed by atoms with E-state index in [2.05, 4.69) is 37.0 Å². The summed E-state index contributed by atoms with van der Waals surface area (Å²) >= 11 is 0. The molecule has 3 heteroatoms. The van der Waals surface area contributed by atoms with Crippen molar-refractivity contribution in [1.29, 1.82) is 0 Å². The molecule has 1 heterocycles. The van der Waals surface area contributed by atoms with Crippen LogP contribution in [0.15, 0.2) is 30.5 Å². The normalized spacial score (nSPS) is 16.8. The monoisotopic (exact) mass is 268 g/mol. The lowest BCUT2D eigenvalue weighted by Gasteiger charge is -2.38. The maximum atomic E-state index is 9.67. The van der Waals surface area contributed by atoms with Crippen molar-refractivity contribution in [3.05, 3.63) is 47.4 Å². The average molecular weight is 268 g/mol. The van der Waals surface area contributed by atoms with Gasteiger partial charge in [-0.15, -0.1) is 0 Å². The average Bonchev–Trinajstić information content (AvgIpc) is 2.41. The smallest absolute Gasteiger partial charge is 0.137 e. The third kappa shape index (κ3) is 2.12. The minimum Gasteiger partial charge on any atom is -0.395 e. The third-order valence-electron chi connectivity index (χ3n) is 4.41. The van der Waals surface area contributed by atoms with Crippen LogP contribution in [0.4, 0.5) is 0 Å². The molecule has 0 aliphatic heterocycles. The van der Waals surface area contributed by atoms with Gasteiger partial charge in [-0.25, -0.2) is 9.97 Å². The van der Waals surface area contributed by atoms with Crippen LogP contribution in [0.25, 0.3) is 11.3 Å². The van der Waals surface area contributed by atoms with E-state index >= 15 is 0 Å². The van der Waals surface area contributed by atoms with Crippen LogP contribution < -0.4 is 0 Å². The molecule has 0 radical (unpaired) electrons. The van der Waals surface area contributed by atoms with E-state index in [0.29, 0.717) is 0 Å². The van der Waals surface area contributed by atoms with Crippen molar-refractivity contribution >= 4 is 0 Å². The zero-order valence-corrected chi connectivity index (χ0v) is 12.1. The van der Waals surface area contributed by atoms with Crippen LogP contribution in [0.2, 0.25) is 0 Å². The first-order valence-electron chi connectivity index (χ1n) is 7.17. The van der Waals surface area contributed by atoms with Gasteiger partial charge in [-0.3, -0.25) is 0 Å². The fraction of sp³-hybridized carbons (Fsp3) is 0.412. The first-order chi connectivity index (χ1) is 9.64. The van der Waals surface area contributed by atoms with Crippen LogP contribution in [0.3, 0.4) is 0 Å². The van der Waals surface area contributed by atoms with Gasteiger partial charge in [0, 0.05) is 11.8 Å². The lowest BCUT2D eigenvalue weighted by molar-refractivity contribution is 0.112. The van der Waals surface area contributed by atoms with Gasteiger partial charge >= 0.3 is 0 Å². The summed E-state index contributed by atoms with van der Waals surface area (Å²) < 4.78 is 0. The number of aryl methyl sites for hydroxylation is 2. The van der Waals surface area contributed by atoms with Crippen molar-refractivity contribution in [1.82, 2.24) is 9.97 Å². The maximum absolute atomic E-state index is 9.67. The lowest BCUT2D eigenvalue weighted by atomic mass is 9.68. The number of aliphatic hydroxyl groups excluding tert-OH is 1. The number of rotatable bonds is 3. The van der Waals surface area contributed by atoms with Gasteiger partial charge in [0.25, 0.3) is 0 Å². The maximum Gasteiger partial charge on any atom is 0.137 e. The minimum absolute atomic E-state index is 0.142. The molecule has 20 heavy (non-hydrogen) atoms. The van der Waals surface area contributed by atoms with Crippen molar-refractivity contribution in [2.75, 3.05) is 6.61 Å². The van der Waals surface area contributed by atoms with E-state index in [-0.39, 0.29) is 12.0 Å². The van der Waals surface area contributed by atoms with Gasteiger partial charge in [-0.05, 0) is 44.4 Å². The fourth-order valence-corrected chi connectivity index (χ4v) is 2.83. The van der Waals surface area contributed by atoms with E-state index in [9.17, 15) is 5.11 Å². The van der Waals surface area contributed by atoms with Crippen LogP contribution in [0, 0.1) is 13.8 Å². The molecule has 1 aromatic heterocycles. The quantitative estimate of drug-likeness (QED) is 0.930. The Balaban J connectivity index is 2.05. The second-order valence-corrected chi connectivity index (χ2v) is 5.88. The van der Waals surface area contributed by atoms with Crippen LogP contribution in [-0.2, 0) is 5.41 Å². The molecule has 0 bridgehead atoms. The SMILES string of the molecule is Cc1ccc(C)c(-c2ccnc(C3(CO)CCC3)n2)c1. The number of hydrogen-bond acceptors (Lipinski definition) is 3.